The van der Waals surface area contributed by atoms with Crippen molar-refractivity contribution < 1.29 is 0 Å². The predicted molar refractivity (Wildman–Crippen MR) is 50.4 cm³/mol. The molecular weight excluding hydrogens is 156 g/mol. The zero-order valence-corrected chi connectivity index (χ0v) is 8.03. The number of aromatic nitrogens is 1. The lowest BCUT2D eigenvalue weighted by molar-refractivity contribution is 0.833. The van der Waals surface area contributed by atoms with Crippen LogP contribution in [0.4, 0.5) is 5.13 Å². The van der Waals surface area contributed by atoms with Gasteiger partial charge in [0.15, 0.2) is 5.13 Å². The minimum Gasteiger partial charge on any atom is -0.362 e. The Hall–Kier alpha value is -0.570. The van der Waals surface area contributed by atoms with Gasteiger partial charge in [-0.05, 0) is 12.8 Å². The van der Waals surface area contributed by atoms with E-state index in [4.69, 9.17) is 0 Å². The van der Waals surface area contributed by atoms with E-state index in [1.54, 1.807) is 11.3 Å². The molecule has 1 heterocycles. The van der Waals surface area contributed by atoms with Gasteiger partial charge in [0.1, 0.15) is 0 Å². The molecule has 0 saturated heterocycles. The highest BCUT2D eigenvalue weighted by Crippen LogP contribution is 2.20. The van der Waals surface area contributed by atoms with Crippen molar-refractivity contribution in [1.82, 2.24) is 4.98 Å². The van der Waals surface area contributed by atoms with Crippen molar-refractivity contribution in [2.24, 2.45) is 0 Å². The van der Waals surface area contributed by atoms with Crippen LogP contribution in [-0.4, -0.2) is 11.5 Å². The monoisotopic (exact) mass is 170 g/mol. The Kier molecular flexibility index (Phi) is 2.88. The van der Waals surface area contributed by atoms with Gasteiger partial charge in [0, 0.05) is 11.9 Å². The van der Waals surface area contributed by atoms with Gasteiger partial charge in [0.2, 0.25) is 0 Å². The topological polar surface area (TPSA) is 24.9 Å². The molecule has 1 aromatic heterocycles. The molecule has 2 nitrogen and oxygen atoms in total. The molecule has 1 rings (SSSR count). The van der Waals surface area contributed by atoms with Crippen LogP contribution in [0, 0.1) is 0 Å². The number of thiazole rings is 1. The van der Waals surface area contributed by atoms with Crippen LogP contribution in [-0.2, 0) is 0 Å². The third kappa shape index (κ3) is 2.19. The summed E-state index contributed by atoms with van der Waals surface area (Å²) in [7, 11) is 0. The van der Waals surface area contributed by atoms with Crippen molar-refractivity contribution in [2.75, 3.05) is 11.9 Å². The zero-order valence-electron chi connectivity index (χ0n) is 7.22. The molecule has 11 heavy (non-hydrogen) atoms. The molecule has 0 radical (unpaired) electrons. The number of nitrogens with zero attached hydrogens (tertiary/aromatic N) is 1. The second kappa shape index (κ2) is 3.72. The molecule has 0 aromatic carbocycles. The summed E-state index contributed by atoms with van der Waals surface area (Å²) in [5.41, 5.74) is 1.19. The van der Waals surface area contributed by atoms with Crippen LogP contribution >= 0.6 is 11.3 Å². The first kappa shape index (κ1) is 8.53. The molecule has 0 aliphatic carbocycles. The first-order valence-electron chi connectivity index (χ1n) is 3.93. The minimum absolute atomic E-state index is 0.540. The molecule has 3 heteroatoms. The van der Waals surface area contributed by atoms with E-state index in [2.05, 4.69) is 36.5 Å². The second-order valence-electron chi connectivity index (χ2n) is 2.76. The summed E-state index contributed by atoms with van der Waals surface area (Å²) in [6, 6.07) is 0. The van der Waals surface area contributed by atoms with Gasteiger partial charge in [-0.3, -0.25) is 0 Å². The van der Waals surface area contributed by atoms with E-state index >= 15 is 0 Å². The van der Waals surface area contributed by atoms with Crippen LogP contribution in [0.5, 0.6) is 0 Å². The smallest absolute Gasteiger partial charge is 0.182 e. The fraction of sp³-hybridized carbons (Fsp3) is 0.625. The molecule has 62 valence electrons. The lowest BCUT2D eigenvalue weighted by Crippen LogP contribution is -1.96. The number of rotatable bonds is 3. The SMILES string of the molecule is CCNc1nc(C(C)C)cs1. The highest BCUT2D eigenvalue weighted by Gasteiger charge is 2.03. The van der Waals surface area contributed by atoms with E-state index in [0.717, 1.165) is 11.7 Å². The summed E-state index contributed by atoms with van der Waals surface area (Å²) in [5.74, 6) is 0.540. The number of hydrogen-bond donors (Lipinski definition) is 1. The molecule has 0 spiro atoms. The van der Waals surface area contributed by atoms with Crippen LogP contribution in [0.2, 0.25) is 0 Å². The van der Waals surface area contributed by atoms with E-state index in [1.165, 1.54) is 5.69 Å². The Balaban J connectivity index is 2.66. The Morgan fingerprint density at radius 1 is 1.64 bits per heavy atom. The highest BCUT2D eigenvalue weighted by molar-refractivity contribution is 7.13. The Morgan fingerprint density at radius 2 is 2.36 bits per heavy atom. The van der Waals surface area contributed by atoms with Gasteiger partial charge in [-0.2, -0.15) is 0 Å². The summed E-state index contributed by atoms with van der Waals surface area (Å²) < 4.78 is 0. The van der Waals surface area contributed by atoms with Crippen molar-refractivity contribution >= 4 is 16.5 Å². The largest absolute Gasteiger partial charge is 0.362 e. The van der Waals surface area contributed by atoms with Crippen LogP contribution < -0.4 is 5.32 Å². The van der Waals surface area contributed by atoms with Crippen LogP contribution in [0.3, 0.4) is 0 Å². The summed E-state index contributed by atoms with van der Waals surface area (Å²) in [6.07, 6.45) is 0. The van der Waals surface area contributed by atoms with Crippen LogP contribution in [0.15, 0.2) is 5.38 Å². The van der Waals surface area contributed by atoms with Crippen LogP contribution in [0.25, 0.3) is 0 Å². The van der Waals surface area contributed by atoms with Gasteiger partial charge in [-0.15, -0.1) is 11.3 Å². The van der Waals surface area contributed by atoms with Crippen molar-refractivity contribution in [2.45, 2.75) is 26.7 Å². The number of anilines is 1. The molecule has 1 N–H and O–H groups in total. The second-order valence-corrected chi connectivity index (χ2v) is 3.62. The van der Waals surface area contributed by atoms with Gasteiger partial charge in [-0.25, -0.2) is 4.98 Å². The maximum atomic E-state index is 4.41. The minimum atomic E-state index is 0.540. The van der Waals surface area contributed by atoms with Gasteiger partial charge in [-0.1, -0.05) is 13.8 Å². The van der Waals surface area contributed by atoms with Crippen LogP contribution in [0.1, 0.15) is 32.4 Å². The molecule has 0 amide bonds. The summed E-state index contributed by atoms with van der Waals surface area (Å²) in [6.45, 7) is 7.34. The quantitative estimate of drug-likeness (QED) is 0.754. The molecule has 0 aliphatic rings. The highest BCUT2D eigenvalue weighted by atomic mass is 32.1. The van der Waals surface area contributed by atoms with E-state index in [-0.39, 0.29) is 0 Å². The van der Waals surface area contributed by atoms with Crippen molar-refractivity contribution in [3.8, 4) is 0 Å². The van der Waals surface area contributed by atoms with Crippen molar-refractivity contribution in [3.63, 3.8) is 0 Å². The fourth-order valence-electron chi connectivity index (χ4n) is 0.784. The van der Waals surface area contributed by atoms with Gasteiger partial charge < -0.3 is 5.32 Å². The van der Waals surface area contributed by atoms with Gasteiger partial charge in [0.05, 0.1) is 5.69 Å². The lowest BCUT2D eigenvalue weighted by Gasteiger charge is -1.97. The summed E-state index contributed by atoms with van der Waals surface area (Å²) in [4.78, 5) is 4.41. The number of hydrogen-bond acceptors (Lipinski definition) is 3. The molecule has 1 aromatic rings. The molecular formula is C8H14N2S. The zero-order chi connectivity index (χ0) is 8.27. The fourth-order valence-corrected chi connectivity index (χ4v) is 1.73. The molecule has 0 aliphatic heterocycles. The number of nitrogens with one attached hydrogen (secondary N) is 1. The maximum Gasteiger partial charge on any atom is 0.182 e. The molecule has 0 saturated carbocycles. The summed E-state index contributed by atoms with van der Waals surface area (Å²) in [5, 5.41) is 6.34. The first-order chi connectivity index (χ1) is 5.24. The van der Waals surface area contributed by atoms with E-state index < -0.39 is 0 Å². The van der Waals surface area contributed by atoms with Crippen molar-refractivity contribution in [3.05, 3.63) is 11.1 Å². The Labute approximate surface area is 71.7 Å². The average molecular weight is 170 g/mol. The molecule has 0 atom stereocenters. The Bertz CT molecular complexity index is 218. The molecule has 0 bridgehead atoms. The standard InChI is InChI=1S/C8H14N2S/c1-4-9-8-10-7(5-11-8)6(2)3/h5-6H,4H2,1-3H3,(H,9,10). The van der Waals surface area contributed by atoms with Gasteiger partial charge in [0.25, 0.3) is 0 Å². The third-order valence-corrected chi connectivity index (χ3v) is 2.26. The van der Waals surface area contributed by atoms with E-state index in [0.29, 0.717) is 5.92 Å². The van der Waals surface area contributed by atoms with Gasteiger partial charge >= 0.3 is 0 Å². The molecule has 0 unspecified atom stereocenters. The molecule has 0 fully saturated rings. The van der Waals surface area contributed by atoms with E-state index in [1.807, 2.05) is 0 Å². The first-order valence-corrected chi connectivity index (χ1v) is 4.81. The predicted octanol–water partition coefficient (Wildman–Crippen LogP) is 2.70. The Morgan fingerprint density at radius 3 is 2.82 bits per heavy atom. The maximum absolute atomic E-state index is 4.41. The summed E-state index contributed by atoms with van der Waals surface area (Å²) >= 11 is 1.68. The van der Waals surface area contributed by atoms with E-state index in [9.17, 15) is 0 Å². The normalized spacial score (nSPS) is 10.5. The lowest BCUT2D eigenvalue weighted by atomic mass is 10.2. The third-order valence-electron chi connectivity index (χ3n) is 1.44. The van der Waals surface area contributed by atoms with Crippen molar-refractivity contribution in [1.29, 1.82) is 0 Å². The average Bonchev–Trinajstić information content (AvgIpc) is 2.37.